The zero-order valence-corrected chi connectivity index (χ0v) is 15.8. The second-order valence-corrected chi connectivity index (χ2v) is 7.24. The van der Waals surface area contributed by atoms with Crippen LogP contribution < -0.4 is 10.9 Å². The minimum atomic E-state index is -0.249. The van der Waals surface area contributed by atoms with Gasteiger partial charge in [-0.15, -0.1) is 11.3 Å². The van der Waals surface area contributed by atoms with E-state index in [-0.39, 0.29) is 18.0 Å². The fourth-order valence-electron chi connectivity index (χ4n) is 3.14. The molecule has 0 radical (unpaired) electrons. The fourth-order valence-corrected chi connectivity index (χ4v) is 4.17. The van der Waals surface area contributed by atoms with Gasteiger partial charge in [-0.05, 0) is 37.1 Å². The van der Waals surface area contributed by atoms with Crippen LogP contribution in [-0.4, -0.2) is 20.4 Å². The third-order valence-electron chi connectivity index (χ3n) is 4.52. The highest BCUT2D eigenvalue weighted by Crippen LogP contribution is 2.28. The molecule has 136 valence electrons. The molecule has 1 N–H and O–H groups in total. The summed E-state index contributed by atoms with van der Waals surface area (Å²) in [6.45, 7) is 3.70. The maximum Gasteiger partial charge on any atom is 0.272 e. The molecule has 0 unspecified atom stereocenters. The predicted molar refractivity (Wildman–Crippen MR) is 108 cm³/mol. The van der Waals surface area contributed by atoms with Crippen LogP contribution in [0.1, 0.15) is 18.3 Å². The van der Waals surface area contributed by atoms with Crippen LogP contribution in [0.15, 0.2) is 47.4 Å². The molecule has 0 saturated carbocycles. The summed E-state index contributed by atoms with van der Waals surface area (Å²) >= 11 is 1.31. The Kier molecular flexibility index (Phi) is 4.45. The Hall–Kier alpha value is -3.06. The average Bonchev–Trinajstić information content (AvgIpc) is 3.04. The largest absolute Gasteiger partial charge is 0.324 e. The van der Waals surface area contributed by atoms with Gasteiger partial charge in [-0.1, -0.05) is 25.1 Å². The smallest absolute Gasteiger partial charge is 0.272 e. The van der Waals surface area contributed by atoms with Crippen LogP contribution in [-0.2, 0) is 17.8 Å². The molecular weight excluding hydrogens is 360 g/mol. The van der Waals surface area contributed by atoms with Gasteiger partial charge < -0.3 is 5.32 Å². The number of aromatic nitrogens is 3. The van der Waals surface area contributed by atoms with Gasteiger partial charge in [0.25, 0.3) is 5.56 Å². The van der Waals surface area contributed by atoms with Gasteiger partial charge in [0.2, 0.25) is 5.91 Å². The van der Waals surface area contributed by atoms with Gasteiger partial charge in [-0.2, -0.15) is 0 Å². The van der Waals surface area contributed by atoms with E-state index in [2.05, 4.69) is 15.3 Å². The third-order valence-corrected chi connectivity index (χ3v) is 5.61. The first-order chi connectivity index (χ1) is 13.1. The highest BCUT2D eigenvalue weighted by atomic mass is 32.1. The maximum absolute atomic E-state index is 13.0. The van der Waals surface area contributed by atoms with E-state index in [1.807, 2.05) is 43.3 Å². The predicted octanol–water partition coefficient (Wildman–Crippen LogP) is 3.52. The van der Waals surface area contributed by atoms with E-state index >= 15 is 0 Å². The van der Waals surface area contributed by atoms with Crippen LogP contribution in [0.4, 0.5) is 5.69 Å². The number of rotatable bonds is 4. The molecule has 4 rings (SSSR count). The first-order valence-corrected chi connectivity index (χ1v) is 9.52. The Bertz CT molecular complexity index is 1230. The van der Waals surface area contributed by atoms with Crippen LogP contribution in [0, 0.1) is 6.92 Å². The molecule has 0 fully saturated rings. The van der Waals surface area contributed by atoms with Crippen molar-refractivity contribution in [3.05, 3.63) is 64.3 Å². The Morgan fingerprint density at radius 3 is 2.85 bits per heavy atom. The van der Waals surface area contributed by atoms with Gasteiger partial charge in [-0.25, -0.2) is 9.97 Å². The van der Waals surface area contributed by atoms with Crippen LogP contribution >= 0.6 is 11.3 Å². The normalized spacial score (nSPS) is 11.2. The number of carbonyl (C=O) groups is 1. The van der Waals surface area contributed by atoms with Crippen molar-refractivity contribution in [2.45, 2.75) is 26.8 Å². The van der Waals surface area contributed by atoms with Crippen LogP contribution in [0.25, 0.3) is 20.4 Å². The molecular formula is C20H18N4O2S. The molecule has 6 nitrogen and oxygen atoms in total. The Balaban J connectivity index is 1.70. The molecule has 3 heterocycles. The van der Waals surface area contributed by atoms with Crippen molar-refractivity contribution in [1.82, 2.24) is 14.5 Å². The fraction of sp³-hybridized carbons (Fsp3) is 0.200. The lowest BCUT2D eigenvalue weighted by Crippen LogP contribution is -2.30. The van der Waals surface area contributed by atoms with Gasteiger partial charge in [0.05, 0.1) is 5.52 Å². The summed E-state index contributed by atoms with van der Waals surface area (Å²) < 4.78 is 1.94. The van der Waals surface area contributed by atoms with Gasteiger partial charge in [0.1, 0.15) is 21.9 Å². The Labute approximate surface area is 159 Å². The number of amides is 1. The summed E-state index contributed by atoms with van der Waals surface area (Å²) in [6, 6.07) is 11.4. The van der Waals surface area contributed by atoms with E-state index in [0.717, 1.165) is 27.9 Å². The van der Waals surface area contributed by atoms with E-state index < -0.39 is 0 Å². The second-order valence-electron chi connectivity index (χ2n) is 6.25. The highest BCUT2D eigenvalue weighted by Gasteiger charge is 2.16. The molecule has 4 aromatic rings. The SMILES string of the molecule is CCc1ccccc1NC(=O)Cn1c(C)nc2c(sc3ncccc32)c1=O. The number of anilines is 1. The lowest BCUT2D eigenvalue weighted by atomic mass is 10.1. The molecule has 27 heavy (non-hydrogen) atoms. The second kappa shape index (κ2) is 6.92. The van der Waals surface area contributed by atoms with Crippen LogP contribution in [0.5, 0.6) is 0 Å². The molecule has 0 spiro atoms. The zero-order valence-electron chi connectivity index (χ0n) is 15.0. The first-order valence-electron chi connectivity index (χ1n) is 8.71. The molecule has 0 aliphatic carbocycles. The van der Waals surface area contributed by atoms with Crippen molar-refractivity contribution in [3.8, 4) is 0 Å². The van der Waals surface area contributed by atoms with Gasteiger partial charge in [0, 0.05) is 17.3 Å². The zero-order chi connectivity index (χ0) is 19.0. The standard InChI is InChI=1S/C20H18N4O2S/c1-3-13-7-4-5-9-15(13)23-16(25)11-24-12(2)22-17-14-8-6-10-21-19(14)27-18(17)20(24)26/h4-10H,3,11H2,1-2H3,(H,23,25). The minimum absolute atomic E-state index is 0.0761. The topological polar surface area (TPSA) is 76.9 Å². The van der Waals surface area contributed by atoms with Crippen molar-refractivity contribution < 1.29 is 4.79 Å². The number of nitrogens with one attached hydrogen (secondary N) is 1. The van der Waals surface area contributed by atoms with Crippen molar-refractivity contribution >= 4 is 43.4 Å². The molecule has 1 aromatic carbocycles. The molecule has 3 aromatic heterocycles. The Morgan fingerprint density at radius 2 is 2.04 bits per heavy atom. The maximum atomic E-state index is 13.0. The lowest BCUT2D eigenvalue weighted by molar-refractivity contribution is -0.116. The number of benzene rings is 1. The number of aryl methyl sites for hydroxylation is 2. The summed E-state index contributed by atoms with van der Waals surface area (Å²) in [5.41, 5.74) is 2.27. The minimum Gasteiger partial charge on any atom is -0.324 e. The van der Waals surface area contributed by atoms with Gasteiger partial charge in [-0.3, -0.25) is 14.2 Å². The summed E-state index contributed by atoms with van der Waals surface area (Å²) in [5, 5.41) is 3.77. The summed E-state index contributed by atoms with van der Waals surface area (Å²) in [5.74, 6) is 0.261. The van der Waals surface area contributed by atoms with Crippen LogP contribution in [0.3, 0.4) is 0 Å². The van der Waals surface area contributed by atoms with Crippen molar-refractivity contribution in [3.63, 3.8) is 0 Å². The van der Waals surface area contributed by atoms with Crippen LogP contribution in [0.2, 0.25) is 0 Å². The Morgan fingerprint density at radius 1 is 1.22 bits per heavy atom. The van der Waals surface area contributed by atoms with E-state index in [0.29, 0.717) is 16.0 Å². The number of thiophene rings is 1. The number of hydrogen-bond donors (Lipinski definition) is 1. The molecule has 0 bridgehead atoms. The first kappa shape index (κ1) is 17.4. The van der Waals surface area contributed by atoms with Crippen molar-refractivity contribution in [2.75, 3.05) is 5.32 Å². The molecule has 0 aliphatic rings. The highest BCUT2D eigenvalue weighted by molar-refractivity contribution is 7.25. The number of hydrogen-bond acceptors (Lipinski definition) is 5. The molecule has 0 aliphatic heterocycles. The lowest BCUT2D eigenvalue weighted by Gasteiger charge is -2.12. The number of carbonyl (C=O) groups excluding carboxylic acids is 1. The summed E-state index contributed by atoms with van der Waals surface area (Å²) in [6.07, 6.45) is 2.51. The molecule has 0 atom stereocenters. The third kappa shape index (κ3) is 3.10. The molecule has 7 heteroatoms. The number of nitrogens with zero attached hydrogens (tertiary/aromatic N) is 3. The molecule has 0 saturated heterocycles. The van der Waals surface area contributed by atoms with Gasteiger partial charge >= 0.3 is 0 Å². The number of fused-ring (bicyclic) bond motifs is 3. The van der Waals surface area contributed by atoms with E-state index in [4.69, 9.17) is 0 Å². The van der Waals surface area contributed by atoms with Gasteiger partial charge in [0.15, 0.2) is 0 Å². The summed E-state index contributed by atoms with van der Waals surface area (Å²) in [4.78, 5) is 35.2. The van der Waals surface area contributed by atoms with E-state index in [9.17, 15) is 9.59 Å². The van der Waals surface area contributed by atoms with E-state index in [1.165, 1.54) is 15.9 Å². The average molecular weight is 378 g/mol. The summed E-state index contributed by atoms with van der Waals surface area (Å²) in [7, 11) is 0. The molecule has 1 amide bonds. The number of pyridine rings is 1. The van der Waals surface area contributed by atoms with Crippen molar-refractivity contribution in [2.24, 2.45) is 0 Å². The number of para-hydroxylation sites is 1. The van der Waals surface area contributed by atoms with Crippen molar-refractivity contribution in [1.29, 1.82) is 0 Å². The monoisotopic (exact) mass is 378 g/mol. The quantitative estimate of drug-likeness (QED) is 0.589. The van der Waals surface area contributed by atoms with E-state index in [1.54, 1.807) is 13.1 Å².